The second-order valence-electron chi connectivity index (χ2n) is 5.92. The first-order valence-electron chi connectivity index (χ1n) is 7.19. The van der Waals surface area contributed by atoms with Gasteiger partial charge in [-0.05, 0) is 50.5 Å². The number of aliphatic hydroxyl groups excluding tert-OH is 1. The lowest BCUT2D eigenvalue weighted by Crippen LogP contribution is -2.43. The SMILES string of the molecule is CN1CCC(C)(CNC(=O)c2ccc(C#CCO)s2)CC1. The molecular weight excluding hydrogens is 284 g/mol. The molecule has 21 heavy (non-hydrogen) atoms. The first kappa shape index (κ1) is 16.0. The molecule has 4 nitrogen and oxygen atoms in total. The van der Waals surface area contributed by atoms with Crippen molar-refractivity contribution in [3.8, 4) is 11.8 Å². The number of piperidine rings is 1. The van der Waals surface area contributed by atoms with Gasteiger partial charge in [-0.3, -0.25) is 4.79 Å². The summed E-state index contributed by atoms with van der Waals surface area (Å²) in [5.41, 5.74) is 0.193. The lowest BCUT2D eigenvalue weighted by molar-refractivity contribution is 0.0895. The summed E-state index contributed by atoms with van der Waals surface area (Å²) in [6.07, 6.45) is 2.23. The van der Waals surface area contributed by atoms with E-state index in [9.17, 15) is 4.79 Å². The molecular formula is C16H22N2O2S. The topological polar surface area (TPSA) is 52.6 Å². The predicted molar refractivity (Wildman–Crippen MR) is 85.5 cm³/mol. The van der Waals surface area contributed by atoms with Crippen LogP contribution in [0.4, 0.5) is 0 Å². The molecule has 0 saturated carbocycles. The molecule has 0 radical (unpaired) electrons. The highest BCUT2D eigenvalue weighted by molar-refractivity contribution is 7.14. The van der Waals surface area contributed by atoms with Gasteiger partial charge in [-0.1, -0.05) is 18.8 Å². The third kappa shape index (κ3) is 4.57. The fourth-order valence-electron chi connectivity index (χ4n) is 2.37. The monoisotopic (exact) mass is 306 g/mol. The number of carbonyl (C=O) groups excluding carboxylic acids is 1. The maximum Gasteiger partial charge on any atom is 0.261 e. The van der Waals surface area contributed by atoms with Gasteiger partial charge in [-0.2, -0.15) is 0 Å². The van der Waals surface area contributed by atoms with Gasteiger partial charge >= 0.3 is 0 Å². The van der Waals surface area contributed by atoms with Crippen molar-refractivity contribution in [2.75, 3.05) is 33.3 Å². The number of hydrogen-bond donors (Lipinski definition) is 2. The summed E-state index contributed by atoms with van der Waals surface area (Å²) in [6.45, 7) is 4.98. The molecule has 2 rings (SSSR count). The Labute approximate surface area is 130 Å². The maximum atomic E-state index is 12.2. The molecule has 114 valence electrons. The van der Waals surface area contributed by atoms with Gasteiger partial charge in [0.05, 0.1) is 9.75 Å². The van der Waals surface area contributed by atoms with Crippen molar-refractivity contribution in [3.63, 3.8) is 0 Å². The van der Waals surface area contributed by atoms with Gasteiger partial charge in [0.25, 0.3) is 5.91 Å². The molecule has 0 atom stereocenters. The number of rotatable bonds is 3. The summed E-state index contributed by atoms with van der Waals surface area (Å²) in [5.74, 6) is 5.38. The van der Waals surface area contributed by atoms with E-state index in [1.165, 1.54) is 11.3 Å². The molecule has 1 aromatic heterocycles. The number of hydrogen-bond acceptors (Lipinski definition) is 4. The Balaban J connectivity index is 1.88. The average Bonchev–Trinajstić information content (AvgIpc) is 2.95. The van der Waals surface area contributed by atoms with Gasteiger partial charge in [-0.15, -0.1) is 11.3 Å². The standard InChI is InChI=1S/C16H22N2O2S/c1-16(7-9-18(2)10-8-16)12-17-15(20)14-6-5-13(21-14)4-3-11-19/h5-6,19H,7-12H2,1-2H3,(H,17,20). The molecule has 1 fully saturated rings. The Morgan fingerprint density at radius 3 is 2.86 bits per heavy atom. The lowest BCUT2D eigenvalue weighted by atomic mass is 9.80. The Kier molecular flexibility index (Phi) is 5.40. The molecule has 1 aliphatic rings. The van der Waals surface area contributed by atoms with Crippen molar-refractivity contribution < 1.29 is 9.90 Å². The summed E-state index contributed by atoms with van der Waals surface area (Å²) in [7, 11) is 2.14. The number of nitrogens with one attached hydrogen (secondary N) is 1. The molecule has 0 aliphatic carbocycles. The highest BCUT2D eigenvalue weighted by atomic mass is 32.1. The fraction of sp³-hybridized carbons (Fsp3) is 0.562. The van der Waals surface area contributed by atoms with Crippen LogP contribution in [0.15, 0.2) is 12.1 Å². The molecule has 1 aliphatic heterocycles. The number of amides is 1. The molecule has 2 heterocycles. The van der Waals surface area contributed by atoms with Crippen molar-refractivity contribution in [2.45, 2.75) is 19.8 Å². The largest absolute Gasteiger partial charge is 0.384 e. The Bertz CT molecular complexity index is 548. The predicted octanol–water partition coefficient (Wildman–Crippen LogP) is 1.55. The Hall–Kier alpha value is -1.35. The van der Waals surface area contributed by atoms with E-state index in [-0.39, 0.29) is 17.9 Å². The molecule has 5 heteroatoms. The van der Waals surface area contributed by atoms with E-state index in [4.69, 9.17) is 5.11 Å². The van der Waals surface area contributed by atoms with E-state index in [1.54, 1.807) is 6.07 Å². The smallest absolute Gasteiger partial charge is 0.261 e. The van der Waals surface area contributed by atoms with Crippen molar-refractivity contribution in [1.82, 2.24) is 10.2 Å². The molecule has 0 unspecified atom stereocenters. The van der Waals surface area contributed by atoms with Crippen LogP contribution in [-0.4, -0.2) is 49.2 Å². The number of thiophene rings is 1. The maximum absolute atomic E-state index is 12.2. The van der Waals surface area contributed by atoms with Gasteiger partial charge in [0.15, 0.2) is 0 Å². The quantitative estimate of drug-likeness (QED) is 0.833. The van der Waals surface area contributed by atoms with E-state index >= 15 is 0 Å². The first-order chi connectivity index (χ1) is 10.0. The number of aliphatic hydroxyl groups is 1. The normalized spacial score (nSPS) is 17.9. The molecule has 2 N–H and O–H groups in total. The summed E-state index contributed by atoms with van der Waals surface area (Å²) >= 11 is 1.36. The minimum absolute atomic E-state index is 0.0304. The Morgan fingerprint density at radius 1 is 1.48 bits per heavy atom. The van der Waals surface area contributed by atoms with Crippen LogP contribution >= 0.6 is 11.3 Å². The van der Waals surface area contributed by atoms with Crippen molar-refractivity contribution >= 4 is 17.2 Å². The minimum Gasteiger partial charge on any atom is -0.384 e. The third-order valence-corrected chi connectivity index (χ3v) is 4.99. The van der Waals surface area contributed by atoms with Crippen molar-refractivity contribution in [2.24, 2.45) is 5.41 Å². The van der Waals surface area contributed by atoms with Gasteiger partial charge in [-0.25, -0.2) is 0 Å². The van der Waals surface area contributed by atoms with Crippen LogP contribution in [0.5, 0.6) is 0 Å². The first-order valence-corrected chi connectivity index (χ1v) is 8.00. The van der Waals surface area contributed by atoms with Crippen LogP contribution in [0.25, 0.3) is 0 Å². The van der Waals surface area contributed by atoms with E-state index in [0.717, 1.165) is 37.4 Å². The summed E-state index contributed by atoms with van der Waals surface area (Å²) in [6, 6.07) is 3.61. The second kappa shape index (κ2) is 7.08. The minimum atomic E-state index is -0.160. The van der Waals surface area contributed by atoms with Crippen LogP contribution in [0.1, 0.15) is 34.3 Å². The zero-order valence-electron chi connectivity index (χ0n) is 12.6. The van der Waals surface area contributed by atoms with Gasteiger partial charge in [0.2, 0.25) is 0 Å². The van der Waals surface area contributed by atoms with Crippen LogP contribution in [0.3, 0.4) is 0 Å². The molecule has 1 amide bonds. The van der Waals surface area contributed by atoms with Crippen LogP contribution in [-0.2, 0) is 0 Å². The molecule has 0 aromatic carbocycles. The summed E-state index contributed by atoms with van der Waals surface area (Å²) in [4.78, 5) is 16.0. The molecule has 1 saturated heterocycles. The highest BCUT2D eigenvalue weighted by Crippen LogP contribution is 2.29. The number of likely N-dealkylation sites (tertiary alicyclic amines) is 1. The summed E-state index contributed by atoms with van der Waals surface area (Å²) in [5, 5.41) is 11.7. The molecule has 0 spiro atoms. The fourth-order valence-corrected chi connectivity index (χ4v) is 3.17. The van der Waals surface area contributed by atoms with Crippen molar-refractivity contribution in [3.05, 3.63) is 21.9 Å². The van der Waals surface area contributed by atoms with Crippen LogP contribution in [0.2, 0.25) is 0 Å². The Morgan fingerprint density at radius 2 is 2.19 bits per heavy atom. The summed E-state index contributed by atoms with van der Waals surface area (Å²) < 4.78 is 0. The molecule has 1 aromatic rings. The van der Waals surface area contributed by atoms with E-state index in [1.807, 2.05) is 6.07 Å². The third-order valence-electron chi connectivity index (χ3n) is 3.99. The van der Waals surface area contributed by atoms with Crippen molar-refractivity contribution in [1.29, 1.82) is 0 Å². The average molecular weight is 306 g/mol. The van der Waals surface area contributed by atoms with E-state index in [2.05, 4.69) is 36.0 Å². The van der Waals surface area contributed by atoms with Gasteiger partial charge in [0, 0.05) is 6.54 Å². The van der Waals surface area contributed by atoms with E-state index < -0.39 is 0 Å². The highest BCUT2D eigenvalue weighted by Gasteiger charge is 2.29. The van der Waals surface area contributed by atoms with Crippen LogP contribution in [0, 0.1) is 17.3 Å². The zero-order chi connectivity index (χ0) is 15.3. The zero-order valence-corrected chi connectivity index (χ0v) is 13.4. The lowest BCUT2D eigenvalue weighted by Gasteiger charge is -2.37. The van der Waals surface area contributed by atoms with Crippen LogP contribution < -0.4 is 5.32 Å². The van der Waals surface area contributed by atoms with Gasteiger partial charge < -0.3 is 15.3 Å². The van der Waals surface area contributed by atoms with E-state index in [0.29, 0.717) is 4.88 Å². The van der Waals surface area contributed by atoms with Gasteiger partial charge in [0.1, 0.15) is 6.61 Å². The molecule has 0 bridgehead atoms. The number of nitrogens with zero attached hydrogens (tertiary/aromatic N) is 1. The number of carbonyl (C=O) groups is 1. The second-order valence-corrected chi connectivity index (χ2v) is 7.00.